The molecule has 1 aromatic rings. The largest absolute Gasteiger partial charge is 0.478 e. The molecule has 1 N–H and O–H groups in total. The van der Waals surface area contributed by atoms with E-state index < -0.39 is 5.97 Å². The quantitative estimate of drug-likeness (QED) is 0.866. The number of carboxylic acids is 1. The summed E-state index contributed by atoms with van der Waals surface area (Å²) in [5, 5.41) is 9.27. The van der Waals surface area contributed by atoms with E-state index in [1.54, 1.807) is 13.2 Å². The summed E-state index contributed by atoms with van der Waals surface area (Å²) in [6.07, 6.45) is 4.74. The van der Waals surface area contributed by atoms with Gasteiger partial charge >= 0.3 is 5.97 Å². The first-order chi connectivity index (χ1) is 9.93. The maximum absolute atomic E-state index is 10.5. The SMILES string of the molecule is COC1(C)CCCN(c2ccc(/C=C/C(=O)O)cc2Cl)C1. The summed E-state index contributed by atoms with van der Waals surface area (Å²) in [6, 6.07) is 5.60. The van der Waals surface area contributed by atoms with Crippen molar-refractivity contribution >= 4 is 29.3 Å². The van der Waals surface area contributed by atoms with Crippen LogP contribution in [0.15, 0.2) is 24.3 Å². The van der Waals surface area contributed by atoms with E-state index in [0.717, 1.165) is 43.3 Å². The lowest BCUT2D eigenvalue weighted by atomic mass is 9.94. The Bertz CT molecular complexity index is 558. The normalized spacial score (nSPS) is 22.7. The summed E-state index contributed by atoms with van der Waals surface area (Å²) in [6.45, 7) is 3.85. The van der Waals surface area contributed by atoms with Gasteiger partial charge in [0.15, 0.2) is 0 Å². The molecule has 1 heterocycles. The molecule has 1 aliphatic heterocycles. The molecule has 114 valence electrons. The van der Waals surface area contributed by atoms with Crippen LogP contribution in [0.25, 0.3) is 6.08 Å². The minimum Gasteiger partial charge on any atom is -0.478 e. The second-order valence-corrected chi connectivity index (χ2v) is 5.97. The Labute approximate surface area is 130 Å². The third-order valence-corrected chi connectivity index (χ3v) is 4.19. The first kappa shape index (κ1) is 15.9. The van der Waals surface area contributed by atoms with E-state index in [0.29, 0.717) is 5.02 Å². The Kier molecular flexibility index (Phi) is 4.91. The average Bonchev–Trinajstić information content (AvgIpc) is 2.45. The van der Waals surface area contributed by atoms with E-state index in [1.165, 1.54) is 6.08 Å². The number of anilines is 1. The van der Waals surface area contributed by atoms with Crippen molar-refractivity contribution in [2.45, 2.75) is 25.4 Å². The van der Waals surface area contributed by atoms with E-state index in [9.17, 15) is 4.79 Å². The van der Waals surface area contributed by atoms with Crippen LogP contribution in [-0.2, 0) is 9.53 Å². The minimum atomic E-state index is -0.970. The molecule has 4 nitrogen and oxygen atoms in total. The molecule has 1 saturated heterocycles. The molecule has 0 spiro atoms. The van der Waals surface area contributed by atoms with Crippen LogP contribution in [0.5, 0.6) is 0 Å². The summed E-state index contributed by atoms with van der Waals surface area (Å²) in [4.78, 5) is 12.8. The van der Waals surface area contributed by atoms with Gasteiger partial charge in [-0.2, -0.15) is 0 Å². The van der Waals surface area contributed by atoms with Gasteiger partial charge in [-0.1, -0.05) is 17.7 Å². The molecule has 1 atom stereocenters. The van der Waals surface area contributed by atoms with E-state index in [2.05, 4.69) is 11.8 Å². The molecule has 1 fully saturated rings. The number of methoxy groups -OCH3 is 1. The van der Waals surface area contributed by atoms with Gasteiger partial charge in [-0.15, -0.1) is 0 Å². The first-order valence-electron chi connectivity index (χ1n) is 6.94. The number of hydrogen-bond donors (Lipinski definition) is 1. The summed E-state index contributed by atoms with van der Waals surface area (Å²) in [5.74, 6) is -0.970. The van der Waals surface area contributed by atoms with E-state index in [1.807, 2.05) is 12.1 Å². The van der Waals surface area contributed by atoms with Crippen molar-refractivity contribution < 1.29 is 14.6 Å². The van der Waals surface area contributed by atoms with Crippen molar-refractivity contribution in [1.29, 1.82) is 0 Å². The lowest BCUT2D eigenvalue weighted by Gasteiger charge is -2.41. The number of aliphatic carboxylic acids is 1. The minimum absolute atomic E-state index is 0.149. The van der Waals surface area contributed by atoms with E-state index >= 15 is 0 Å². The molecule has 0 saturated carbocycles. The highest BCUT2D eigenvalue weighted by atomic mass is 35.5. The lowest BCUT2D eigenvalue weighted by molar-refractivity contribution is -0.131. The van der Waals surface area contributed by atoms with Crippen LogP contribution in [0.2, 0.25) is 5.02 Å². The van der Waals surface area contributed by atoms with Crippen molar-refractivity contribution in [2.75, 3.05) is 25.1 Å². The van der Waals surface area contributed by atoms with Gasteiger partial charge in [0.2, 0.25) is 0 Å². The third kappa shape index (κ3) is 3.99. The van der Waals surface area contributed by atoms with E-state index in [-0.39, 0.29) is 5.60 Å². The Hall–Kier alpha value is -1.52. The number of rotatable bonds is 4. The summed E-state index contributed by atoms with van der Waals surface area (Å²) >= 11 is 6.35. The molecule has 0 aromatic heterocycles. The summed E-state index contributed by atoms with van der Waals surface area (Å²) < 4.78 is 5.60. The number of carboxylic acid groups (broad SMARTS) is 1. The predicted octanol–water partition coefficient (Wildman–Crippen LogP) is 3.44. The van der Waals surface area contributed by atoms with Gasteiger partial charge < -0.3 is 14.7 Å². The van der Waals surface area contributed by atoms with Crippen LogP contribution >= 0.6 is 11.6 Å². The maximum atomic E-state index is 10.5. The Morgan fingerprint density at radius 1 is 1.52 bits per heavy atom. The molecule has 0 amide bonds. The molecule has 1 unspecified atom stereocenters. The van der Waals surface area contributed by atoms with Gasteiger partial charge in [-0.25, -0.2) is 4.79 Å². The average molecular weight is 310 g/mol. The van der Waals surface area contributed by atoms with Crippen LogP contribution in [-0.4, -0.2) is 36.9 Å². The van der Waals surface area contributed by atoms with Gasteiger partial charge in [-0.05, 0) is 43.5 Å². The second kappa shape index (κ2) is 6.50. The topological polar surface area (TPSA) is 49.8 Å². The maximum Gasteiger partial charge on any atom is 0.328 e. The van der Waals surface area contributed by atoms with E-state index in [4.69, 9.17) is 21.4 Å². The summed E-state index contributed by atoms with van der Waals surface area (Å²) in [5.41, 5.74) is 1.59. The van der Waals surface area contributed by atoms with Crippen molar-refractivity contribution in [3.63, 3.8) is 0 Å². The third-order valence-electron chi connectivity index (χ3n) is 3.88. The van der Waals surface area contributed by atoms with Crippen LogP contribution in [0, 0.1) is 0 Å². The van der Waals surface area contributed by atoms with Crippen LogP contribution in [0.3, 0.4) is 0 Å². The number of hydrogen-bond acceptors (Lipinski definition) is 3. The molecular weight excluding hydrogens is 290 g/mol. The van der Waals surface area contributed by atoms with Gasteiger partial charge in [-0.3, -0.25) is 0 Å². The molecule has 5 heteroatoms. The molecule has 2 rings (SSSR count). The van der Waals surface area contributed by atoms with Crippen molar-refractivity contribution in [1.82, 2.24) is 0 Å². The Balaban J connectivity index is 2.19. The molecule has 0 aliphatic carbocycles. The van der Waals surface area contributed by atoms with Crippen LogP contribution in [0.1, 0.15) is 25.3 Å². The second-order valence-electron chi connectivity index (χ2n) is 5.56. The first-order valence-corrected chi connectivity index (χ1v) is 7.32. The van der Waals surface area contributed by atoms with Gasteiger partial charge in [0.25, 0.3) is 0 Å². The van der Waals surface area contributed by atoms with Crippen molar-refractivity contribution in [3.8, 4) is 0 Å². The summed E-state index contributed by atoms with van der Waals surface area (Å²) in [7, 11) is 1.74. The Morgan fingerprint density at radius 3 is 2.90 bits per heavy atom. The lowest BCUT2D eigenvalue weighted by Crippen LogP contribution is -2.47. The van der Waals surface area contributed by atoms with Crippen molar-refractivity contribution in [2.24, 2.45) is 0 Å². The number of halogens is 1. The van der Waals surface area contributed by atoms with Crippen LogP contribution < -0.4 is 4.90 Å². The molecule has 0 radical (unpaired) electrons. The smallest absolute Gasteiger partial charge is 0.328 e. The van der Waals surface area contributed by atoms with Gasteiger partial charge in [0, 0.05) is 26.3 Å². The fraction of sp³-hybridized carbons (Fsp3) is 0.438. The molecular formula is C16H20ClNO3. The number of ether oxygens (including phenoxy) is 1. The zero-order chi connectivity index (χ0) is 15.5. The standard InChI is InChI=1S/C16H20ClNO3/c1-16(21-2)8-3-9-18(11-16)14-6-4-12(10-13(14)17)5-7-15(19)20/h4-7,10H,3,8-9,11H2,1-2H3,(H,19,20)/b7-5+. The van der Waals surface area contributed by atoms with Crippen molar-refractivity contribution in [3.05, 3.63) is 34.9 Å². The van der Waals surface area contributed by atoms with Crippen LogP contribution in [0.4, 0.5) is 5.69 Å². The fourth-order valence-electron chi connectivity index (χ4n) is 2.63. The zero-order valence-corrected chi connectivity index (χ0v) is 13.1. The number of nitrogens with zero attached hydrogens (tertiary/aromatic N) is 1. The van der Waals surface area contributed by atoms with Gasteiger partial charge in [0.1, 0.15) is 0 Å². The van der Waals surface area contributed by atoms with Gasteiger partial charge in [0.05, 0.1) is 16.3 Å². The highest BCUT2D eigenvalue weighted by molar-refractivity contribution is 6.33. The zero-order valence-electron chi connectivity index (χ0n) is 12.3. The number of carbonyl (C=O) groups is 1. The molecule has 21 heavy (non-hydrogen) atoms. The predicted molar refractivity (Wildman–Crippen MR) is 85.0 cm³/mol. The fourth-order valence-corrected chi connectivity index (χ4v) is 2.94. The molecule has 1 aromatic carbocycles. The highest BCUT2D eigenvalue weighted by Crippen LogP contribution is 2.33. The monoisotopic (exact) mass is 309 g/mol. The number of piperidine rings is 1. The molecule has 0 bridgehead atoms. The molecule has 1 aliphatic rings. The highest BCUT2D eigenvalue weighted by Gasteiger charge is 2.31. The Morgan fingerprint density at radius 2 is 2.29 bits per heavy atom. The number of benzene rings is 1.